The van der Waals surface area contributed by atoms with Gasteiger partial charge in [0.1, 0.15) is 0 Å². The molecule has 0 amide bonds. The van der Waals surface area contributed by atoms with E-state index in [0.29, 0.717) is 0 Å². The van der Waals surface area contributed by atoms with Gasteiger partial charge in [-0.2, -0.15) is 0 Å². The van der Waals surface area contributed by atoms with Crippen molar-refractivity contribution in [3.63, 3.8) is 0 Å². The minimum atomic E-state index is 1.02. The molecular weight excluding hydrogens is 116 g/mol. The van der Waals surface area contributed by atoms with Crippen molar-refractivity contribution >= 4 is 112 Å². The third-order valence-corrected chi connectivity index (χ3v) is 9.55. The van der Waals surface area contributed by atoms with Gasteiger partial charge in [-0.05, 0) is 0 Å². The Morgan fingerprint density at radius 2 is 1.33 bits per heavy atom. The summed E-state index contributed by atoms with van der Waals surface area (Å²) in [6.45, 7) is 0. The molecule has 0 aliphatic carbocycles. The molecule has 0 aliphatic rings. The molecule has 0 unspecified atom stereocenters. The van der Waals surface area contributed by atoms with Crippen LogP contribution in [0.3, 0.4) is 0 Å². The first-order chi connectivity index (χ1) is 2.56. The first-order valence-corrected chi connectivity index (χ1v) is 6.97. The van der Waals surface area contributed by atoms with Gasteiger partial charge in [-0.3, -0.25) is 0 Å². The van der Waals surface area contributed by atoms with Crippen LogP contribution in [0.4, 0.5) is 0 Å². The van der Waals surface area contributed by atoms with Crippen LogP contribution in [-0.2, 0) is 0 Å². The first-order valence-electron chi connectivity index (χ1n) is 2.56. The van der Waals surface area contributed by atoms with E-state index < -0.39 is 0 Å². The van der Waals surface area contributed by atoms with E-state index >= 15 is 0 Å². The predicted octanol–water partition coefficient (Wildman–Crippen LogP) is -0.848. The summed E-state index contributed by atoms with van der Waals surface area (Å²) in [5.74, 6) is 0. The van der Waals surface area contributed by atoms with Gasteiger partial charge in [0.25, 0.3) is 0 Å². The van der Waals surface area contributed by atoms with Crippen LogP contribution in [-0.4, -0.2) is 112 Å². The fraction of sp³-hybridized carbons (Fsp3) is 1.00. The van der Waals surface area contributed by atoms with Crippen LogP contribution in [0.2, 0.25) is 0.834 Å². The molecule has 6 heavy (non-hydrogen) atoms. The topological polar surface area (TPSA) is 0 Å². The zero-order chi connectivity index (χ0) is 5.21. The average molecular weight is 118 g/mol. The molecule has 0 nitrogen and oxygen atoms in total. The summed E-state index contributed by atoms with van der Waals surface area (Å²) in [6, 6.07) is 0. The third-order valence-electron chi connectivity index (χ3n) is 1.06. The molecule has 0 aromatic heterocycles. The Bertz CT molecular complexity index is 35.3. The number of rotatable bonds is 1. The number of hydrogen-bond acceptors (Lipinski definition) is 0. The van der Waals surface area contributed by atoms with Gasteiger partial charge >= 0.3 is 113 Å². The van der Waals surface area contributed by atoms with Crippen molar-refractivity contribution in [2.24, 2.45) is 0 Å². The second-order valence-corrected chi connectivity index (χ2v) is 17.7. The summed E-state index contributed by atoms with van der Waals surface area (Å²) in [5.41, 5.74) is 0. The van der Waals surface area contributed by atoms with Crippen LogP contribution in [0.1, 0.15) is 0 Å². The summed E-state index contributed by atoms with van der Waals surface area (Å²) in [7, 11) is 0. The van der Waals surface area contributed by atoms with E-state index in [2.05, 4.69) is 0 Å². The molecule has 0 saturated carbocycles. The van der Waals surface area contributed by atoms with Crippen LogP contribution in [0.25, 0.3) is 0 Å². The Balaban J connectivity index is 3.17. The van der Waals surface area contributed by atoms with E-state index in [4.69, 9.17) is 0 Å². The summed E-state index contributed by atoms with van der Waals surface area (Å²) < 4.78 is 2.61. The van der Waals surface area contributed by atoms with Crippen LogP contribution in [0.15, 0.2) is 0 Å². The molecule has 0 fully saturated rings. The monoisotopic (exact) mass is 118 g/mol. The number of hydrogen-bond donors (Lipinski definition) is 0. The van der Waals surface area contributed by atoms with Crippen LogP contribution in [0.5, 0.6) is 0 Å². The van der Waals surface area contributed by atoms with Crippen molar-refractivity contribution in [3.8, 4) is 0 Å². The molecular formula is C2H2Na4. The van der Waals surface area contributed by atoms with Crippen LogP contribution >= 0.6 is 0 Å². The summed E-state index contributed by atoms with van der Waals surface area (Å²) in [6.07, 6.45) is 0. The second kappa shape index (κ2) is 4.76. The zero-order valence-electron chi connectivity index (χ0n) is 5.21. The van der Waals surface area contributed by atoms with Gasteiger partial charge in [0.05, 0.1) is 0 Å². The Hall–Kier alpha value is 4.00. The molecule has 14 valence electrons. The average Bonchev–Trinajstić information content (AvgIpc) is 1.35. The maximum atomic E-state index is 1.59. The van der Waals surface area contributed by atoms with Crippen molar-refractivity contribution in [1.82, 2.24) is 0 Å². The van der Waals surface area contributed by atoms with Crippen molar-refractivity contribution in [3.05, 3.63) is 0 Å². The van der Waals surface area contributed by atoms with Crippen molar-refractivity contribution in [2.75, 3.05) is 0 Å². The van der Waals surface area contributed by atoms with Gasteiger partial charge in [0, 0.05) is 0 Å². The van der Waals surface area contributed by atoms with Crippen molar-refractivity contribution < 1.29 is 0 Å². The molecule has 0 bridgehead atoms. The molecule has 0 radical (unpaired) electrons. The molecule has 0 N–H and O–H groups in total. The second-order valence-electron chi connectivity index (χ2n) is 2.91. The molecule has 0 rings (SSSR count). The van der Waals surface area contributed by atoms with E-state index in [0.717, 1.165) is -2.84 Å². The Kier molecular flexibility index (Phi) is 7.93. The van der Waals surface area contributed by atoms with Gasteiger partial charge < -0.3 is 0 Å². The molecule has 0 aliphatic heterocycles. The minimum absolute atomic E-state index is 1.02. The predicted molar refractivity (Wildman–Crippen MR) is 30.5 cm³/mol. The molecule has 0 heterocycles. The molecule has 0 spiro atoms. The van der Waals surface area contributed by atoms with Crippen molar-refractivity contribution in [1.29, 1.82) is 0 Å². The maximum absolute atomic E-state index is 1.59. The standard InChI is InChI=1S/C2H2.4Na/c1-2;;;;/h1H2;;;;. The summed E-state index contributed by atoms with van der Waals surface area (Å²) in [5, 5.41) is 0. The quantitative estimate of drug-likeness (QED) is 0.393. The normalized spacial score (nSPS) is 12.7. The van der Waals surface area contributed by atoms with E-state index in [1.54, 1.807) is 3.67 Å². The summed E-state index contributed by atoms with van der Waals surface area (Å²) >= 11 is 5.91. The van der Waals surface area contributed by atoms with E-state index in [1.165, 1.54) is 112 Å². The molecule has 0 aromatic rings. The first kappa shape index (κ1) is 10.0. The molecule has 4 heteroatoms. The fourth-order valence-corrected chi connectivity index (χ4v) is 0. The zero-order valence-corrected chi connectivity index (χ0v) is 13.2. The Morgan fingerprint density at radius 1 is 1.17 bits per heavy atom. The third kappa shape index (κ3) is 8.00. The van der Waals surface area contributed by atoms with Crippen LogP contribution < -0.4 is 0 Å². The summed E-state index contributed by atoms with van der Waals surface area (Å²) in [4.78, 5) is 0. The fourth-order valence-electron chi connectivity index (χ4n) is 0. The molecule has 0 saturated heterocycles. The van der Waals surface area contributed by atoms with Crippen molar-refractivity contribution in [2.45, 2.75) is 0.834 Å². The van der Waals surface area contributed by atoms with Gasteiger partial charge in [-0.1, -0.05) is 0 Å². The molecule has 0 aromatic carbocycles. The van der Waals surface area contributed by atoms with Gasteiger partial charge in [-0.15, -0.1) is 0 Å². The van der Waals surface area contributed by atoms with E-state index in [9.17, 15) is 0 Å². The van der Waals surface area contributed by atoms with Gasteiger partial charge in [-0.25, -0.2) is 0 Å². The van der Waals surface area contributed by atoms with E-state index in [-0.39, 0.29) is 0 Å². The van der Waals surface area contributed by atoms with Crippen LogP contribution in [0, 0.1) is 0 Å². The Labute approximate surface area is 109 Å². The van der Waals surface area contributed by atoms with Gasteiger partial charge in [0.15, 0.2) is 0 Å². The Morgan fingerprint density at radius 3 is 1.33 bits per heavy atom. The SMILES string of the molecule is [Na][CH2][C]([Na])([Na])[Na]. The molecule has 0 atom stereocenters. The van der Waals surface area contributed by atoms with Gasteiger partial charge in [0.2, 0.25) is 0 Å². The van der Waals surface area contributed by atoms with E-state index in [1.807, 2.05) is 0 Å².